The van der Waals surface area contributed by atoms with Crippen LogP contribution in [0.5, 0.6) is 17.2 Å². The number of aryl methyl sites for hydroxylation is 6. The Morgan fingerprint density at radius 1 is 0.388 bits per heavy atom. The number of carbonyl (C=O) groups excluding carboxylic acids is 9. The molecule has 30 nitrogen and oxygen atoms in total. The van der Waals surface area contributed by atoms with Gasteiger partial charge in [0.25, 0.3) is 35.4 Å². The van der Waals surface area contributed by atoms with Crippen LogP contribution in [0.15, 0.2) is 91.0 Å². The molecule has 3 radical (unpaired) electrons. The van der Waals surface area contributed by atoms with Gasteiger partial charge in [0.05, 0.1) is 50.2 Å². The van der Waals surface area contributed by atoms with E-state index in [0.29, 0.717) is 66.8 Å². The summed E-state index contributed by atoms with van der Waals surface area (Å²) in [7, 11) is -2.28. The van der Waals surface area contributed by atoms with E-state index >= 15 is 0 Å². The number of rotatable bonds is 14. The summed E-state index contributed by atoms with van der Waals surface area (Å²) in [6, 6.07) is 28.7. The van der Waals surface area contributed by atoms with Crippen LogP contribution >= 0.6 is 0 Å². The molecule has 0 aromatic heterocycles. The van der Waals surface area contributed by atoms with E-state index < -0.39 is 125 Å². The largest absolute Gasteiger partial charge is 1.00 e. The van der Waals surface area contributed by atoms with E-state index in [1.165, 1.54) is 15.0 Å². The van der Waals surface area contributed by atoms with E-state index in [0.717, 1.165) is 33.4 Å². The molecule has 0 spiro atoms. The summed E-state index contributed by atoms with van der Waals surface area (Å²) in [6.07, 6.45) is -2.76. The normalized spacial score (nSPS) is 15.5. The molecule has 134 heavy (non-hydrogen) atoms. The SMILES string of the molecule is CC(C)(C)OC(=O)OC(=O)OC(C)(C)C.Cc1cc(C)cc(C(=O)N(NC(=O)c2ccc(B3OC(C)(C)C(C)(C)O3)c(O)c2C)C(C)(C)C)c1.Cc1cc(C)cc(C(=O)N(NC(=O)c2ccc(B3OC(C)(C)C(C)(C)O3)c(OCC#N)c2C)C(C)(C)C)c1.Cc1cc(C)cc(C(=O)N(NC(=O)c2ccc(B3OC(C)(C)C(C)(C)O3)c(OCNC(=O)OC(C)(C)C)c2C)C(C)(C)C)c1.[B].[H-].[Na+]. The fraction of sp³-hybridized carbons (Fsp3) is 0.535. The van der Waals surface area contributed by atoms with Crippen molar-refractivity contribution in [2.24, 2.45) is 0 Å². The minimum Gasteiger partial charge on any atom is -1.00 e. The van der Waals surface area contributed by atoms with Crippen molar-refractivity contribution in [3.05, 3.63) is 174 Å². The molecule has 0 atom stereocenters. The third-order valence-electron chi connectivity index (χ3n) is 22.3. The number of ether oxygens (including phenoxy) is 6. The van der Waals surface area contributed by atoms with E-state index in [1.54, 1.807) is 156 Å². The molecule has 9 rings (SSSR count). The van der Waals surface area contributed by atoms with Gasteiger partial charge in [0.1, 0.15) is 40.1 Å². The van der Waals surface area contributed by atoms with Gasteiger partial charge in [0.2, 0.25) is 0 Å². The van der Waals surface area contributed by atoms with Crippen molar-refractivity contribution in [1.82, 2.24) is 36.6 Å². The summed E-state index contributed by atoms with van der Waals surface area (Å²) in [5.41, 5.74) is 11.7. The van der Waals surface area contributed by atoms with Crippen LogP contribution in [0.3, 0.4) is 0 Å². The Morgan fingerprint density at radius 3 is 0.888 bits per heavy atom. The number of hydrazine groups is 3. The van der Waals surface area contributed by atoms with Gasteiger partial charge < -0.3 is 62.9 Å². The van der Waals surface area contributed by atoms with Crippen molar-refractivity contribution >= 4 is 100 Å². The van der Waals surface area contributed by atoms with Crippen LogP contribution in [0.1, 0.15) is 321 Å². The fourth-order valence-electron chi connectivity index (χ4n) is 13.7. The van der Waals surface area contributed by atoms with E-state index in [-0.39, 0.29) is 87.3 Å². The number of nitriles is 1. The summed E-state index contributed by atoms with van der Waals surface area (Å²) in [6.45, 7) is 71.5. The number of benzene rings is 6. The quantitative estimate of drug-likeness (QED) is 0.0169. The van der Waals surface area contributed by atoms with E-state index in [2.05, 4.69) is 26.3 Å². The predicted molar refractivity (Wildman–Crippen MR) is 517 cm³/mol. The molecular formula is C99H142B4N8NaO22. The Balaban J connectivity index is 0.000000481. The summed E-state index contributed by atoms with van der Waals surface area (Å²) in [5.74, 6) is -1.83. The molecule has 6 aromatic rings. The molecule has 0 saturated carbocycles. The van der Waals surface area contributed by atoms with Gasteiger partial charge in [-0.3, -0.25) is 50.4 Å². The molecular weight excluding hydrogens is 1720 g/mol. The minimum absolute atomic E-state index is 0. The van der Waals surface area contributed by atoms with E-state index in [9.17, 15) is 53.5 Å². The van der Waals surface area contributed by atoms with Crippen molar-refractivity contribution in [2.75, 3.05) is 13.3 Å². The Bertz CT molecular complexity index is 5230. The third kappa shape index (κ3) is 30.8. The number of hydrogen-bond acceptors (Lipinski definition) is 23. The molecule has 35 heteroatoms. The number of aromatic hydroxyl groups is 1. The molecule has 6 aromatic carbocycles. The Morgan fingerprint density at radius 2 is 0.634 bits per heavy atom. The van der Waals surface area contributed by atoms with Crippen molar-refractivity contribution in [2.45, 2.75) is 337 Å². The molecule has 7 amide bonds. The van der Waals surface area contributed by atoms with Crippen LogP contribution in [0, 0.1) is 73.6 Å². The first-order valence-corrected chi connectivity index (χ1v) is 44.1. The molecule has 0 unspecified atom stereocenters. The van der Waals surface area contributed by atoms with Crippen molar-refractivity contribution in [1.29, 1.82) is 5.26 Å². The Kier molecular flexibility index (Phi) is 38.2. The monoisotopic (exact) mass is 1860 g/mol. The molecule has 723 valence electrons. The fourth-order valence-corrected chi connectivity index (χ4v) is 13.7. The molecule has 3 heterocycles. The number of nitrogens with zero attached hydrogens (tertiary/aromatic N) is 4. The second-order valence-electron chi connectivity index (χ2n) is 42.6. The number of carbonyl (C=O) groups is 9. The van der Waals surface area contributed by atoms with Crippen LogP contribution in [0.4, 0.5) is 14.4 Å². The average molecular weight is 1860 g/mol. The number of hydrogen-bond donors (Lipinski definition) is 5. The van der Waals surface area contributed by atoms with Gasteiger partial charge >= 0.3 is 69.3 Å². The topological polar surface area (TPSA) is 366 Å². The first-order chi connectivity index (χ1) is 59.9. The van der Waals surface area contributed by atoms with Crippen LogP contribution in [-0.2, 0) is 46.9 Å². The van der Waals surface area contributed by atoms with Gasteiger partial charge in [-0.25, -0.2) is 29.4 Å². The van der Waals surface area contributed by atoms with Gasteiger partial charge in [-0.1, -0.05) is 69.8 Å². The van der Waals surface area contributed by atoms with Crippen molar-refractivity contribution < 1.29 is 136 Å². The Hall–Kier alpha value is -9.94. The van der Waals surface area contributed by atoms with Gasteiger partial charge in [0, 0.05) is 74.9 Å². The minimum atomic E-state index is -1.06. The molecule has 0 bridgehead atoms. The smallest absolute Gasteiger partial charge is 1.00 e. The zero-order valence-corrected chi connectivity index (χ0v) is 88.7. The number of amides is 7. The first kappa shape index (κ1) is 116. The van der Waals surface area contributed by atoms with Crippen molar-refractivity contribution in [3.63, 3.8) is 0 Å². The number of nitrogens with one attached hydrogen (secondary N) is 4. The van der Waals surface area contributed by atoms with Crippen LogP contribution < -0.4 is 77.0 Å². The summed E-state index contributed by atoms with van der Waals surface area (Å²) in [4.78, 5) is 116. The summed E-state index contributed by atoms with van der Waals surface area (Å²) < 4.78 is 68.1. The summed E-state index contributed by atoms with van der Waals surface area (Å²) in [5, 5.41) is 26.7. The molecule has 5 N–H and O–H groups in total. The standard InChI is InChI=1S/C33H48BN3O7.C29H38BN3O5.C27H37BN2O5.C10H18O5.B.Na.H/c1-20-16-21(2)18-23(17-20)28(39)37(30(4,5)6)36-27(38)24-14-15-25(34-43-32(10,11)33(12,13)44-34)26(22(24)3)41-19-35-29(40)42-31(7,8)9;1-18-15-19(2)17-21(16-18)26(35)33(27(4,5)6)32-25(34)22-11-12-23(24(20(22)3)36-14-13-31)30-37-28(7,8)29(9,10)38-30;1-16-13-17(2)15-19(14-16)24(33)30(25(4,5)6)29-23(32)20-11-12-21(22(31)18(20)3)28-34-26(7,8)27(9,10)35-28;1-9(2,3)14-7(11)13-8(12)15-10(4,5)6;;;/h14-18H,19H2,1-13H3,(H,35,40)(H,36,38);11-12,15-17H,14H2,1-10H3,(H,32,34);11-15,31H,1-10H3,(H,29,32);1-6H3;;;/q;;;;;+1;-1. The zero-order chi connectivity index (χ0) is 101. The molecule has 3 aliphatic rings. The van der Waals surface area contributed by atoms with Crippen LogP contribution in [0.25, 0.3) is 0 Å². The average Bonchev–Trinajstić information content (AvgIpc) is 1.63. The number of phenols is 1. The molecule has 0 aliphatic carbocycles. The molecule has 3 saturated heterocycles. The maximum atomic E-state index is 13.8. The maximum Gasteiger partial charge on any atom is 1.00 e. The first-order valence-electron chi connectivity index (χ1n) is 44.1. The number of phenolic OH excluding ortho intramolecular Hbond substituents is 1. The van der Waals surface area contributed by atoms with Gasteiger partial charge in [-0.2, -0.15) is 5.26 Å². The van der Waals surface area contributed by atoms with Crippen LogP contribution in [0.2, 0.25) is 0 Å². The van der Waals surface area contributed by atoms with Gasteiger partial charge in [-0.05, 0) is 325 Å². The summed E-state index contributed by atoms with van der Waals surface area (Å²) >= 11 is 0. The predicted octanol–water partition coefficient (Wildman–Crippen LogP) is 13.6. The Labute approximate surface area is 820 Å². The molecule has 3 aliphatic heterocycles. The zero-order valence-electron chi connectivity index (χ0n) is 87.7. The van der Waals surface area contributed by atoms with Gasteiger partial charge in [-0.15, -0.1) is 0 Å². The third-order valence-corrected chi connectivity index (χ3v) is 22.3. The second-order valence-corrected chi connectivity index (χ2v) is 42.6. The number of alkyl carbamates (subject to hydrolysis) is 1. The van der Waals surface area contributed by atoms with Gasteiger partial charge in [0.15, 0.2) is 13.3 Å². The van der Waals surface area contributed by atoms with Crippen LogP contribution in [-0.4, -0.2) is 184 Å². The van der Waals surface area contributed by atoms with E-state index in [1.807, 2.05) is 211 Å². The second kappa shape index (κ2) is 44.0. The van der Waals surface area contributed by atoms with Crippen molar-refractivity contribution in [3.8, 4) is 23.3 Å². The van der Waals surface area contributed by atoms with E-state index in [4.69, 9.17) is 51.6 Å². The molecule has 3 fully saturated rings. The maximum absolute atomic E-state index is 13.8.